The van der Waals surface area contributed by atoms with Crippen LogP contribution < -0.4 is 9.44 Å². The first-order chi connectivity index (χ1) is 23.5. The zero-order valence-electron chi connectivity index (χ0n) is 26.0. The highest BCUT2D eigenvalue weighted by molar-refractivity contribution is 7.90. The molecule has 4 aromatic carbocycles. The zero-order valence-corrected chi connectivity index (χ0v) is 27.7. The van der Waals surface area contributed by atoms with Crippen LogP contribution in [0.5, 0.6) is 0 Å². The van der Waals surface area contributed by atoms with Crippen LogP contribution in [0.2, 0.25) is 0 Å². The summed E-state index contributed by atoms with van der Waals surface area (Å²) < 4.78 is 54.4. The Morgan fingerprint density at radius 2 is 0.800 bits per heavy atom. The Kier molecular flexibility index (Phi) is 8.28. The fraction of sp³-hybridized carbons (Fsp3) is 0.114. The van der Waals surface area contributed by atoms with Crippen molar-refractivity contribution in [2.75, 3.05) is 0 Å². The molecule has 0 aliphatic heterocycles. The van der Waals surface area contributed by atoms with Crippen molar-refractivity contribution in [2.45, 2.75) is 23.6 Å². The first kappa shape index (κ1) is 34.0. The number of hydrogen-bond donors (Lipinski definition) is 2. The number of Topliss-reactive ketones (excluding diaryl/α,β-unsaturated/α-hetero) is 4. The van der Waals surface area contributed by atoms with Gasteiger partial charge < -0.3 is 0 Å². The first-order valence-electron chi connectivity index (χ1n) is 14.8. The maximum Gasteiger partial charge on any atom is 0.264 e. The Balaban J connectivity index is 1.20. The molecule has 0 fully saturated rings. The smallest absolute Gasteiger partial charge is 0.264 e. The molecule has 2 aliphatic rings. The van der Waals surface area contributed by atoms with E-state index in [0.29, 0.717) is 0 Å². The van der Waals surface area contributed by atoms with Crippen molar-refractivity contribution in [3.63, 3.8) is 0 Å². The van der Waals surface area contributed by atoms with Gasteiger partial charge in [0, 0.05) is 33.4 Å². The van der Waals surface area contributed by atoms with Gasteiger partial charge in [0.05, 0.1) is 9.79 Å². The molecule has 0 aromatic heterocycles. The monoisotopic (exact) mass is 712 g/mol. The van der Waals surface area contributed by atoms with E-state index in [9.17, 15) is 50.4 Å². The van der Waals surface area contributed by atoms with E-state index >= 15 is 0 Å². The highest BCUT2D eigenvalue weighted by Crippen LogP contribution is 2.32. The average Bonchev–Trinajstić information content (AvgIpc) is 3.47. The lowest BCUT2D eigenvalue weighted by molar-refractivity contribution is -0.121. The molecule has 2 unspecified atom stereocenters. The summed E-state index contributed by atoms with van der Waals surface area (Å²) in [6.45, 7) is 3.46. The molecular weight excluding hydrogens is 689 g/mol. The van der Waals surface area contributed by atoms with Crippen LogP contribution in [0.25, 0.3) is 0 Å². The van der Waals surface area contributed by atoms with Crippen LogP contribution in [0.15, 0.2) is 94.7 Å². The zero-order chi connectivity index (χ0) is 36.3. The minimum Gasteiger partial charge on any atom is -0.293 e. The fourth-order valence-corrected chi connectivity index (χ4v) is 7.64. The van der Waals surface area contributed by atoms with Crippen molar-refractivity contribution in [2.24, 2.45) is 11.8 Å². The van der Waals surface area contributed by atoms with Crippen molar-refractivity contribution < 1.29 is 50.4 Å². The van der Waals surface area contributed by atoms with E-state index in [1.54, 1.807) is 23.3 Å². The molecule has 0 heterocycles. The van der Waals surface area contributed by atoms with Gasteiger partial charge in [-0.05, 0) is 62.4 Å². The van der Waals surface area contributed by atoms with Crippen LogP contribution in [-0.4, -0.2) is 57.6 Å². The summed E-state index contributed by atoms with van der Waals surface area (Å²) in [5.74, 6) is -11.5. The minimum atomic E-state index is -4.42. The Hall–Kier alpha value is -5.93. The van der Waals surface area contributed by atoms with E-state index in [1.165, 1.54) is 60.7 Å². The highest BCUT2D eigenvalue weighted by atomic mass is 32.2. The van der Waals surface area contributed by atoms with E-state index in [-0.39, 0.29) is 43.2 Å². The van der Waals surface area contributed by atoms with Gasteiger partial charge in [-0.2, -0.15) is 0 Å². The standard InChI is InChI=1S/C35H24N2O11S2/c1-17-3-9-21(10-4-17)49(45,46)36-34(43)27-30(39)23-13-7-19(15-25(23)32(27)41)29(38)20-8-14-24-26(16-20)33(42)28(31(24)40)35(44)37-50(47,48)22-11-5-18(2)6-12-22/h3-16,27-28H,1-2H3,(H,36,43)(H,37,44). The molecule has 2 amide bonds. The summed E-state index contributed by atoms with van der Waals surface area (Å²) in [7, 11) is -8.83. The second-order valence-corrected chi connectivity index (χ2v) is 15.1. The van der Waals surface area contributed by atoms with Crippen molar-refractivity contribution in [3.05, 3.63) is 129 Å². The van der Waals surface area contributed by atoms with Crippen LogP contribution in [0.4, 0.5) is 0 Å². The average molecular weight is 713 g/mol. The van der Waals surface area contributed by atoms with Crippen LogP contribution >= 0.6 is 0 Å². The van der Waals surface area contributed by atoms with Gasteiger partial charge in [-0.1, -0.05) is 47.5 Å². The van der Waals surface area contributed by atoms with Gasteiger partial charge in [0.15, 0.2) is 40.8 Å². The molecule has 0 radical (unpaired) electrons. The minimum absolute atomic E-state index is 0.145. The molecular formula is C35H24N2O11S2. The Labute approximate surface area is 284 Å². The largest absolute Gasteiger partial charge is 0.293 e. The first-order valence-corrected chi connectivity index (χ1v) is 17.7. The molecule has 0 bridgehead atoms. The third-order valence-corrected chi connectivity index (χ3v) is 11.1. The number of rotatable bonds is 8. The lowest BCUT2D eigenvalue weighted by Gasteiger charge is -2.10. The van der Waals surface area contributed by atoms with Gasteiger partial charge in [0.25, 0.3) is 31.9 Å². The second kappa shape index (κ2) is 12.2. The Morgan fingerprint density at radius 3 is 1.14 bits per heavy atom. The SMILES string of the molecule is Cc1ccc(S(=O)(=O)NC(=O)C2C(=O)c3ccc(C(=O)c4ccc5c(c4)C(=O)C(C(=O)NS(=O)(=O)c4ccc(C)cc4)C5=O)cc3C2=O)cc1. The molecule has 15 heteroatoms. The number of carbonyl (C=O) groups is 7. The summed E-state index contributed by atoms with van der Waals surface area (Å²) in [5.41, 5.74) is 0.224. The number of hydrogen-bond acceptors (Lipinski definition) is 11. The summed E-state index contributed by atoms with van der Waals surface area (Å²) in [4.78, 5) is 91.3. The molecule has 2 atom stereocenters. The molecule has 50 heavy (non-hydrogen) atoms. The molecule has 4 aromatic rings. The predicted molar refractivity (Wildman–Crippen MR) is 174 cm³/mol. The number of benzene rings is 4. The van der Waals surface area contributed by atoms with Crippen molar-refractivity contribution in [1.29, 1.82) is 0 Å². The quantitative estimate of drug-likeness (QED) is 0.200. The van der Waals surface area contributed by atoms with Crippen LogP contribution in [0, 0.1) is 25.7 Å². The number of carbonyl (C=O) groups excluding carboxylic acids is 7. The predicted octanol–water partition coefficient (Wildman–Crippen LogP) is 2.54. The van der Waals surface area contributed by atoms with Gasteiger partial charge in [-0.3, -0.25) is 33.6 Å². The van der Waals surface area contributed by atoms with Crippen molar-refractivity contribution in [3.8, 4) is 0 Å². The van der Waals surface area contributed by atoms with Gasteiger partial charge in [0.1, 0.15) is 0 Å². The molecule has 2 N–H and O–H groups in total. The number of nitrogens with one attached hydrogen (secondary N) is 2. The molecule has 2 aliphatic carbocycles. The van der Waals surface area contributed by atoms with Crippen LogP contribution in [0.1, 0.15) is 68.5 Å². The van der Waals surface area contributed by atoms with Gasteiger partial charge in [0.2, 0.25) is 0 Å². The topological polar surface area (TPSA) is 212 Å². The Morgan fingerprint density at radius 1 is 0.480 bits per heavy atom. The van der Waals surface area contributed by atoms with Crippen LogP contribution in [-0.2, 0) is 29.6 Å². The molecule has 0 saturated heterocycles. The maximum atomic E-state index is 13.5. The Bertz CT molecular complexity index is 2280. The van der Waals surface area contributed by atoms with Gasteiger partial charge in [-0.25, -0.2) is 26.3 Å². The van der Waals surface area contributed by atoms with E-state index in [1.807, 2.05) is 0 Å². The molecule has 0 spiro atoms. The third kappa shape index (κ3) is 5.86. The number of ketones is 5. The van der Waals surface area contributed by atoms with Crippen LogP contribution in [0.3, 0.4) is 0 Å². The van der Waals surface area contributed by atoms with Crippen molar-refractivity contribution >= 4 is 60.8 Å². The number of fused-ring (bicyclic) bond motifs is 2. The van der Waals surface area contributed by atoms with E-state index in [4.69, 9.17) is 0 Å². The fourth-order valence-electron chi connectivity index (χ4n) is 5.65. The third-order valence-electron chi connectivity index (χ3n) is 8.33. The molecule has 0 saturated carbocycles. The highest BCUT2D eigenvalue weighted by Gasteiger charge is 2.46. The number of amides is 2. The lowest BCUT2D eigenvalue weighted by atomic mass is 9.96. The maximum absolute atomic E-state index is 13.5. The lowest BCUT2D eigenvalue weighted by Crippen LogP contribution is -2.40. The van der Waals surface area contributed by atoms with E-state index in [2.05, 4.69) is 0 Å². The summed E-state index contributed by atoms with van der Waals surface area (Å²) >= 11 is 0. The van der Waals surface area contributed by atoms with Gasteiger partial charge in [-0.15, -0.1) is 0 Å². The molecule has 6 rings (SSSR count). The molecule has 252 valence electrons. The summed E-state index contributed by atoms with van der Waals surface area (Å²) in [6, 6.07) is 17.8. The summed E-state index contributed by atoms with van der Waals surface area (Å²) in [6.07, 6.45) is 0. The second-order valence-electron chi connectivity index (χ2n) is 11.7. The number of aryl methyl sites for hydroxylation is 2. The van der Waals surface area contributed by atoms with Gasteiger partial charge >= 0.3 is 0 Å². The number of sulfonamides is 2. The van der Waals surface area contributed by atoms with E-state index in [0.717, 1.165) is 35.4 Å². The van der Waals surface area contributed by atoms with E-state index < -0.39 is 72.6 Å². The van der Waals surface area contributed by atoms with Crippen molar-refractivity contribution in [1.82, 2.24) is 9.44 Å². The summed E-state index contributed by atoms with van der Waals surface area (Å²) in [5, 5.41) is 0. The normalized spacial score (nSPS) is 16.9. The molecule has 13 nitrogen and oxygen atoms in total.